The van der Waals surface area contributed by atoms with Gasteiger partial charge in [-0.2, -0.15) is 0 Å². The van der Waals surface area contributed by atoms with Crippen molar-refractivity contribution in [2.45, 2.75) is 39.3 Å². The fourth-order valence-corrected chi connectivity index (χ4v) is 4.11. The van der Waals surface area contributed by atoms with E-state index >= 15 is 0 Å². The molecular formula is C25H35N3O6. The van der Waals surface area contributed by atoms with Gasteiger partial charge in [0.1, 0.15) is 11.2 Å². The molecule has 0 radical (unpaired) electrons. The van der Waals surface area contributed by atoms with Crippen molar-refractivity contribution in [3.63, 3.8) is 0 Å². The highest BCUT2D eigenvalue weighted by atomic mass is 16.6. The Morgan fingerprint density at radius 3 is 2.15 bits per heavy atom. The number of nitrogens with zero attached hydrogens (tertiary/aromatic N) is 3. The van der Waals surface area contributed by atoms with Gasteiger partial charge in [-0.3, -0.25) is 9.59 Å². The summed E-state index contributed by atoms with van der Waals surface area (Å²) in [5.41, 5.74) is 0.867. The topological polar surface area (TPSA) is 90.3 Å². The van der Waals surface area contributed by atoms with Gasteiger partial charge in [0.25, 0.3) is 5.91 Å². The van der Waals surface area contributed by atoms with E-state index in [1.165, 1.54) is 0 Å². The van der Waals surface area contributed by atoms with Gasteiger partial charge in [0.15, 0.2) is 0 Å². The van der Waals surface area contributed by atoms with Crippen LogP contribution in [0.2, 0.25) is 0 Å². The van der Waals surface area contributed by atoms with Crippen molar-refractivity contribution >= 4 is 22.9 Å². The summed E-state index contributed by atoms with van der Waals surface area (Å²) in [4.78, 5) is 42.4. The number of hydrogen-bond acceptors (Lipinski definition) is 6. The van der Waals surface area contributed by atoms with Gasteiger partial charge in [-0.1, -0.05) is 11.6 Å². The molecule has 9 nitrogen and oxygen atoms in total. The molecule has 0 bridgehead atoms. The molecule has 2 heterocycles. The molecule has 2 aromatic rings. The van der Waals surface area contributed by atoms with Crippen molar-refractivity contribution in [2.75, 3.05) is 53.6 Å². The van der Waals surface area contributed by atoms with Crippen LogP contribution in [0.15, 0.2) is 29.2 Å². The zero-order chi connectivity index (χ0) is 25.0. The van der Waals surface area contributed by atoms with Gasteiger partial charge in [-0.25, -0.2) is 4.79 Å². The minimum atomic E-state index is -0.584. The summed E-state index contributed by atoms with van der Waals surface area (Å²) in [6.07, 6.45) is 1.22. The van der Waals surface area contributed by atoms with Crippen molar-refractivity contribution in [2.24, 2.45) is 0 Å². The summed E-state index contributed by atoms with van der Waals surface area (Å²) < 4.78 is 18.1. The second-order valence-corrected chi connectivity index (χ2v) is 9.62. The molecule has 0 spiro atoms. The normalized spacial score (nSPS) is 14.7. The van der Waals surface area contributed by atoms with Crippen LogP contribution < -0.4 is 5.43 Å². The zero-order valence-electron chi connectivity index (χ0n) is 20.9. The number of methoxy groups -OCH3 is 2. The zero-order valence-corrected chi connectivity index (χ0v) is 20.9. The van der Waals surface area contributed by atoms with Crippen LogP contribution in [-0.2, 0) is 14.2 Å². The molecule has 1 aliphatic heterocycles. The third-order valence-corrected chi connectivity index (χ3v) is 5.75. The Morgan fingerprint density at radius 2 is 1.59 bits per heavy atom. The van der Waals surface area contributed by atoms with Crippen LogP contribution in [0.1, 0.15) is 42.7 Å². The summed E-state index contributed by atoms with van der Waals surface area (Å²) in [6.45, 7) is 9.42. The summed E-state index contributed by atoms with van der Waals surface area (Å²) in [7, 11) is 3.21. The third kappa shape index (κ3) is 5.77. The summed E-state index contributed by atoms with van der Waals surface area (Å²) >= 11 is 0. The first-order valence-electron chi connectivity index (χ1n) is 11.5. The van der Waals surface area contributed by atoms with E-state index in [0.29, 0.717) is 44.8 Å². The third-order valence-electron chi connectivity index (χ3n) is 5.75. The van der Waals surface area contributed by atoms with Gasteiger partial charge in [-0.05, 0) is 39.8 Å². The standard InChI is InChI=1S/C25H35N3O6/c1-17-7-8-21-19(13-17)22(29)20(14-28(21)18(15-32-5)16-33-6)23(30)26-9-11-27(12-10-26)24(31)34-25(2,3)4/h7-8,13-14,18H,9-12,15-16H2,1-6H3. The van der Waals surface area contributed by atoms with E-state index in [-0.39, 0.29) is 22.9 Å². The van der Waals surface area contributed by atoms with Crippen LogP contribution in [0.5, 0.6) is 0 Å². The van der Waals surface area contributed by atoms with E-state index in [0.717, 1.165) is 11.1 Å². The molecule has 1 saturated heterocycles. The number of ether oxygens (including phenoxy) is 3. The highest BCUT2D eigenvalue weighted by Gasteiger charge is 2.30. The molecule has 1 aromatic heterocycles. The number of aromatic nitrogens is 1. The monoisotopic (exact) mass is 473 g/mol. The molecule has 9 heteroatoms. The average Bonchev–Trinajstić information content (AvgIpc) is 2.78. The summed E-state index contributed by atoms with van der Waals surface area (Å²) in [5, 5.41) is 0.482. The minimum Gasteiger partial charge on any atom is -0.444 e. The number of benzene rings is 1. The second-order valence-electron chi connectivity index (χ2n) is 9.62. The van der Waals surface area contributed by atoms with Gasteiger partial charge >= 0.3 is 6.09 Å². The maximum atomic E-state index is 13.5. The minimum absolute atomic E-state index is 0.0982. The number of carbonyl (C=O) groups is 2. The fraction of sp³-hybridized carbons (Fsp3) is 0.560. The highest BCUT2D eigenvalue weighted by molar-refractivity contribution is 5.97. The van der Waals surface area contributed by atoms with E-state index in [9.17, 15) is 14.4 Å². The lowest BCUT2D eigenvalue weighted by atomic mass is 10.1. The van der Waals surface area contributed by atoms with E-state index in [4.69, 9.17) is 14.2 Å². The molecule has 1 aliphatic rings. The van der Waals surface area contributed by atoms with E-state index in [1.807, 2.05) is 50.5 Å². The summed E-state index contributed by atoms with van der Waals surface area (Å²) in [6, 6.07) is 5.42. The van der Waals surface area contributed by atoms with Crippen LogP contribution in [0.3, 0.4) is 0 Å². The molecule has 0 atom stereocenters. The smallest absolute Gasteiger partial charge is 0.410 e. The largest absolute Gasteiger partial charge is 0.444 e. The van der Waals surface area contributed by atoms with Gasteiger partial charge < -0.3 is 28.6 Å². The predicted octanol–water partition coefficient (Wildman–Crippen LogP) is 2.84. The van der Waals surface area contributed by atoms with Crippen LogP contribution in [0, 0.1) is 6.92 Å². The van der Waals surface area contributed by atoms with Gasteiger partial charge in [-0.15, -0.1) is 0 Å². The Bertz CT molecular complexity index is 1090. The van der Waals surface area contributed by atoms with Crippen molar-refractivity contribution < 1.29 is 23.8 Å². The molecule has 34 heavy (non-hydrogen) atoms. The first-order valence-corrected chi connectivity index (χ1v) is 11.5. The number of carbonyl (C=O) groups excluding carboxylic acids is 2. The molecule has 3 rings (SSSR count). The Kier molecular flexibility index (Phi) is 7.99. The van der Waals surface area contributed by atoms with Crippen molar-refractivity contribution in [1.29, 1.82) is 0 Å². The Labute approximate surface area is 200 Å². The van der Waals surface area contributed by atoms with E-state index in [2.05, 4.69) is 0 Å². The quantitative estimate of drug-likeness (QED) is 0.641. The number of fused-ring (bicyclic) bond motifs is 1. The lowest BCUT2D eigenvalue weighted by molar-refractivity contribution is 0.0140. The van der Waals surface area contributed by atoms with Crippen LogP contribution >= 0.6 is 0 Å². The molecular weight excluding hydrogens is 438 g/mol. The van der Waals surface area contributed by atoms with Crippen LogP contribution in [0.25, 0.3) is 10.9 Å². The number of piperazine rings is 1. The highest BCUT2D eigenvalue weighted by Crippen LogP contribution is 2.21. The fourth-order valence-electron chi connectivity index (χ4n) is 4.11. The lowest BCUT2D eigenvalue weighted by Gasteiger charge is -2.35. The van der Waals surface area contributed by atoms with E-state index < -0.39 is 11.7 Å². The van der Waals surface area contributed by atoms with Crippen molar-refractivity contribution in [1.82, 2.24) is 14.4 Å². The van der Waals surface area contributed by atoms with Gasteiger partial charge in [0, 0.05) is 52.0 Å². The SMILES string of the molecule is COCC(COC)n1cc(C(=O)N2CCN(C(=O)OC(C)(C)C)CC2)c(=O)c2cc(C)ccc21. The summed E-state index contributed by atoms with van der Waals surface area (Å²) in [5.74, 6) is -0.348. The maximum absolute atomic E-state index is 13.5. The number of pyridine rings is 1. The van der Waals surface area contributed by atoms with Crippen molar-refractivity contribution in [3.8, 4) is 0 Å². The number of hydrogen-bond donors (Lipinski definition) is 0. The van der Waals surface area contributed by atoms with Gasteiger partial charge in [0.05, 0.1) is 24.8 Å². The molecule has 0 saturated carbocycles. The Morgan fingerprint density at radius 1 is 1.00 bits per heavy atom. The Balaban J connectivity index is 1.92. The molecule has 0 N–H and O–H groups in total. The predicted molar refractivity (Wildman–Crippen MR) is 129 cm³/mol. The Hall–Kier alpha value is -2.91. The first-order chi connectivity index (χ1) is 16.1. The van der Waals surface area contributed by atoms with Crippen LogP contribution in [0.4, 0.5) is 4.79 Å². The van der Waals surface area contributed by atoms with Crippen molar-refractivity contribution in [3.05, 3.63) is 45.7 Å². The molecule has 0 unspecified atom stereocenters. The number of aryl methyl sites for hydroxylation is 1. The van der Waals surface area contributed by atoms with Crippen LogP contribution in [-0.4, -0.2) is 85.6 Å². The molecule has 186 valence electrons. The molecule has 0 aliphatic carbocycles. The lowest BCUT2D eigenvalue weighted by Crippen LogP contribution is -2.52. The average molecular weight is 474 g/mol. The molecule has 1 fully saturated rings. The van der Waals surface area contributed by atoms with Gasteiger partial charge in [0.2, 0.25) is 5.43 Å². The number of rotatable bonds is 6. The molecule has 2 amide bonds. The first kappa shape index (κ1) is 25.7. The molecule has 1 aromatic carbocycles. The second kappa shape index (κ2) is 10.6. The maximum Gasteiger partial charge on any atom is 0.410 e. The number of amides is 2. The van der Waals surface area contributed by atoms with E-state index in [1.54, 1.807) is 30.2 Å².